The van der Waals surface area contributed by atoms with E-state index >= 15 is 0 Å². The second-order valence-electron chi connectivity index (χ2n) is 5.44. The van der Waals surface area contributed by atoms with Crippen molar-refractivity contribution in [3.8, 4) is 0 Å². The molecule has 0 spiro atoms. The average Bonchev–Trinajstić information content (AvgIpc) is 3.06. The summed E-state index contributed by atoms with van der Waals surface area (Å²) >= 11 is 0. The van der Waals surface area contributed by atoms with Crippen LogP contribution in [0.3, 0.4) is 0 Å². The van der Waals surface area contributed by atoms with Crippen LogP contribution < -0.4 is 5.32 Å². The van der Waals surface area contributed by atoms with E-state index in [1.165, 1.54) is 48.9 Å². The zero-order chi connectivity index (χ0) is 13.1. The minimum absolute atomic E-state index is 0.938. The smallest absolute Gasteiger partial charge is 0.0483 e. The molecular weight excluding hydrogens is 234 g/mol. The molecule has 1 aromatic heterocycles. The van der Waals surface area contributed by atoms with E-state index in [9.17, 15) is 0 Å². The predicted octanol–water partition coefficient (Wildman–Crippen LogP) is 2.46. The van der Waals surface area contributed by atoms with Crippen LogP contribution in [-0.4, -0.2) is 36.1 Å². The predicted molar refractivity (Wildman–Crippen MR) is 80.4 cm³/mol. The maximum Gasteiger partial charge on any atom is 0.0483 e. The lowest BCUT2D eigenvalue weighted by Crippen LogP contribution is -2.23. The molecule has 2 aromatic rings. The summed E-state index contributed by atoms with van der Waals surface area (Å²) in [6, 6.07) is 8.87. The summed E-state index contributed by atoms with van der Waals surface area (Å²) in [6.07, 6.45) is 4.98. The van der Waals surface area contributed by atoms with Gasteiger partial charge in [-0.2, -0.15) is 0 Å². The van der Waals surface area contributed by atoms with E-state index in [2.05, 4.69) is 45.2 Å². The zero-order valence-corrected chi connectivity index (χ0v) is 11.7. The average molecular weight is 257 g/mol. The van der Waals surface area contributed by atoms with E-state index in [4.69, 9.17) is 0 Å². The Labute approximate surface area is 115 Å². The third-order valence-corrected chi connectivity index (χ3v) is 4.13. The fourth-order valence-corrected chi connectivity index (χ4v) is 3.08. The van der Waals surface area contributed by atoms with Gasteiger partial charge in [0.05, 0.1) is 0 Å². The number of nitrogens with one attached hydrogen (secondary N) is 1. The standard InChI is InChI=1S/C16H23N3/c1-17-13-14-5-4-6-16-15(14)7-10-19(16)12-11-18-8-2-3-9-18/h4-7,10,17H,2-3,8-9,11-13H2,1H3. The van der Waals surface area contributed by atoms with E-state index in [-0.39, 0.29) is 0 Å². The van der Waals surface area contributed by atoms with Gasteiger partial charge < -0.3 is 14.8 Å². The van der Waals surface area contributed by atoms with Gasteiger partial charge in [0.15, 0.2) is 0 Å². The van der Waals surface area contributed by atoms with Gasteiger partial charge in [-0.25, -0.2) is 0 Å². The van der Waals surface area contributed by atoms with Gasteiger partial charge in [-0.1, -0.05) is 12.1 Å². The Morgan fingerprint density at radius 3 is 2.74 bits per heavy atom. The SMILES string of the molecule is CNCc1cccc2c1ccn2CCN1CCCC1. The Morgan fingerprint density at radius 1 is 1.11 bits per heavy atom. The largest absolute Gasteiger partial charge is 0.346 e. The quantitative estimate of drug-likeness (QED) is 0.888. The molecule has 1 aliphatic heterocycles. The van der Waals surface area contributed by atoms with E-state index in [0.29, 0.717) is 0 Å². The van der Waals surface area contributed by atoms with Crippen molar-refractivity contribution in [2.24, 2.45) is 0 Å². The Kier molecular flexibility index (Phi) is 3.85. The fourth-order valence-electron chi connectivity index (χ4n) is 3.08. The second-order valence-corrected chi connectivity index (χ2v) is 5.44. The molecular formula is C16H23N3. The number of benzene rings is 1. The summed E-state index contributed by atoms with van der Waals surface area (Å²) in [5.74, 6) is 0. The molecule has 3 heteroatoms. The highest BCUT2D eigenvalue weighted by Crippen LogP contribution is 2.20. The van der Waals surface area contributed by atoms with Crippen LogP contribution >= 0.6 is 0 Å². The highest BCUT2D eigenvalue weighted by molar-refractivity contribution is 5.83. The third-order valence-electron chi connectivity index (χ3n) is 4.13. The molecule has 0 bridgehead atoms. The number of rotatable bonds is 5. The molecule has 19 heavy (non-hydrogen) atoms. The summed E-state index contributed by atoms with van der Waals surface area (Å²) in [5.41, 5.74) is 2.76. The highest BCUT2D eigenvalue weighted by Gasteiger charge is 2.11. The molecule has 0 saturated carbocycles. The maximum atomic E-state index is 3.24. The molecule has 102 valence electrons. The van der Waals surface area contributed by atoms with Crippen LogP contribution in [0.15, 0.2) is 30.5 Å². The van der Waals surface area contributed by atoms with Crippen molar-refractivity contribution >= 4 is 10.9 Å². The Morgan fingerprint density at radius 2 is 1.95 bits per heavy atom. The molecule has 1 fully saturated rings. The van der Waals surface area contributed by atoms with Gasteiger partial charge in [0.1, 0.15) is 0 Å². The van der Waals surface area contributed by atoms with Crippen molar-refractivity contribution in [1.82, 2.24) is 14.8 Å². The number of fused-ring (bicyclic) bond motifs is 1. The third kappa shape index (κ3) is 2.67. The monoisotopic (exact) mass is 257 g/mol. The maximum absolute atomic E-state index is 3.24. The molecule has 0 radical (unpaired) electrons. The van der Waals surface area contributed by atoms with Gasteiger partial charge in [0.25, 0.3) is 0 Å². The van der Waals surface area contributed by atoms with Crippen molar-refractivity contribution in [3.05, 3.63) is 36.0 Å². The van der Waals surface area contributed by atoms with Crippen molar-refractivity contribution < 1.29 is 0 Å². The lowest BCUT2D eigenvalue weighted by Gasteiger charge is -2.15. The molecule has 1 N–H and O–H groups in total. The topological polar surface area (TPSA) is 20.2 Å². The van der Waals surface area contributed by atoms with Crippen LogP contribution in [0.5, 0.6) is 0 Å². The molecule has 3 nitrogen and oxygen atoms in total. The fraction of sp³-hybridized carbons (Fsp3) is 0.500. The molecule has 1 aliphatic rings. The first kappa shape index (κ1) is 12.7. The normalized spacial score (nSPS) is 16.5. The molecule has 0 amide bonds. The summed E-state index contributed by atoms with van der Waals surface area (Å²) in [4.78, 5) is 2.57. The number of hydrogen-bond donors (Lipinski definition) is 1. The van der Waals surface area contributed by atoms with Gasteiger partial charge >= 0.3 is 0 Å². The first-order valence-electron chi connectivity index (χ1n) is 7.32. The molecule has 1 saturated heterocycles. The summed E-state index contributed by atoms with van der Waals surface area (Å²) < 4.78 is 2.40. The van der Waals surface area contributed by atoms with Crippen LogP contribution in [0.2, 0.25) is 0 Å². The van der Waals surface area contributed by atoms with Gasteiger partial charge in [0, 0.05) is 36.7 Å². The van der Waals surface area contributed by atoms with Crippen molar-refractivity contribution in [2.45, 2.75) is 25.9 Å². The molecule has 2 heterocycles. The highest BCUT2D eigenvalue weighted by atomic mass is 15.2. The van der Waals surface area contributed by atoms with Crippen LogP contribution in [0.4, 0.5) is 0 Å². The van der Waals surface area contributed by atoms with Crippen molar-refractivity contribution in [3.63, 3.8) is 0 Å². The van der Waals surface area contributed by atoms with Gasteiger partial charge in [0.2, 0.25) is 0 Å². The van der Waals surface area contributed by atoms with Crippen LogP contribution in [0.25, 0.3) is 10.9 Å². The van der Waals surface area contributed by atoms with Gasteiger partial charge in [-0.05, 0) is 50.7 Å². The summed E-state index contributed by atoms with van der Waals surface area (Å²) in [6.45, 7) is 5.79. The number of hydrogen-bond acceptors (Lipinski definition) is 2. The molecule has 1 aromatic carbocycles. The first-order chi connectivity index (χ1) is 9.38. The Bertz CT molecular complexity index is 538. The number of aromatic nitrogens is 1. The van der Waals surface area contributed by atoms with E-state index in [0.717, 1.165) is 13.1 Å². The molecule has 3 rings (SSSR count). The summed E-state index contributed by atoms with van der Waals surface area (Å²) in [7, 11) is 2.00. The van der Waals surface area contributed by atoms with Crippen molar-refractivity contribution in [1.29, 1.82) is 0 Å². The van der Waals surface area contributed by atoms with Gasteiger partial charge in [-0.3, -0.25) is 0 Å². The molecule has 0 aliphatic carbocycles. The minimum atomic E-state index is 0.938. The van der Waals surface area contributed by atoms with E-state index in [1.807, 2.05) is 7.05 Å². The molecule has 0 unspecified atom stereocenters. The van der Waals surface area contributed by atoms with Gasteiger partial charge in [-0.15, -0.1) is 0 Å². The van der Waals surface area contributed by atoms with Crippen molar-refractivity contribution in [2.75, 3.05) is 26.7 Å². The zero-order valence-electron chi connectivity index (χ0n) is 11.7. The summed E-state index contributed by atoms with van der Waals surface area (Å²) in [5, 5.41) is 4.63. The van der Waals surface area contributed by atoms with E-state index in [1.54, 1.807) is 0 Å². The molecule has 0 atom stereocenters. The number of likely N-dealkylation sites (tertiary alicyclic amines) is 1. The van der Waals surface area contributed by atoms with E-state index < -0.39 is 0 Å². The first-order valence-corrected chi connectivity index (χ1v) is 7.32. The lowest BCUT2D eigenvalue weighted by atomic mass is 10.1. The number of nitrogens with zero attached hydrogens (tertiary/aromatic N) is 2. The Hall–Kier alpha value is -1.32. The second kappa shape index (κ2) is 5.76. The Balaban J connectivity index is 1.78. The van der Waals surface area contributed by atoms with Crippen LogP contribution in [-0.2, 0) is 13.1 Å². The lowest BCUT2D eigenvalue weighted by molar-refractivity contribution is 0.324. The van der Waals surface area contributed by atoms with Crippen LogP contribution in [0.1, 0.15) is 18.4 Å². The minimum Gasteiger partial charge on any atom is -0.346 e. The van der Waals surface area contributed by atoms with Crippen LogP contribution in [0, 0.1) is 0 Å².